The number of nitro groups is 2. The summed E-state index contributed by atoms with van der Waals surface area (Å²) in [5.41, 5.74) is -3.41. The van der Waals surface area contributed by atoms with Gasteiger partial charge in [-0.3, -0.25) is 20.2 Å². The summed E-state index contributed by atoms with van der Waals surface area (Å²) in [6.45, 7) is 3.07. The molecule has 0 aliphatic heterocycles. The van der Waals surface area contributed by atoms with E-state index in [2.05, 4.69) is 4.98 Å². The van der Waals surface area contributed by atoms with Crippen molar-refractivity contribution in [1.82, 2.24) is 9.97 Å². The summed E-state index contributed by atoms with van der Waals surface area (Å²) < 4.78 is 64.9. The monoisotopic (exact) mass is 382 g/mol. The fourth-order valence-corrected chi connectivity index (χ4v) is 2.43. The van der Waals surface area contributed by atoms with Crippen LogP contribution in [0.5, 0.6) is 0 Å². The van der Waals surface area contributed by atoms with Crippen molar-refractivity contribution in [3.63, 3.8) is 0 Å². The Morgan fingerprint density at radius 2 is 1.69 bits per heavy atom. The van der Waals surface area contributed by atoms with Gasteiger partial charge in [0.15, 0.2) is 11.3 Å². The summed E-state index contributed by atoms with van der Waals surface area (Å²) >= 11 is 0. The second-order valence-corrected chi connectivity index (χ2v) is 5.53. The number of non-ortho nitro benzene ring substituents is 1. The molecule has 2 rings (SSSR count). The van der Waals surface area contributed by atoms with Gasteiger partial charge in [0, 0.05) is 0 Å². The number of halogens is 5. The van der Waals surface area contributed by atoms with Gasteiger partial charge in [-0.15, -0.1) is 0 Å². The molecule has 0 spiro atoms. The Balaban J connectivity index is 2.97. The lowest BCUT2D eigenvalue weighted by Gasteiger charge is -2.16. The lowest BCUT2D eigenvalue weighted by atomic mass is 9.95. The first-order chi connectivity index (χ1) is 11.8. The molecular weight excluding hydrogens is 371 g/mol. The van der Waals surface area contributed by atoms with Gasteiger partial charge in [0.05, 0.1) is 27.0 Å². The molecule has 0 aliphatic rings. The van der Waals surface area contributed by atoms with E-state index in [4.69, 9.17) is 0 Å². The third kappa shape index (κ3) is 2.93. The van der Waals surface area contributed by atoms with E-state index in [1.165, 1.54) is 6.92 Å². The van der Waals surface area contributed by atoms with Gasteiger partial charge in [-0.25, -0.2) is 4.98 Å². The van der Waals surface area contributed by atoms with Crippen LogP contribution in [0, 0.1) is 20.2 Å². The van der Waals surface area contributed by atoms with Crippen LogP contribution < -0.4 is 0 Å². The van der Waals surface area contributed by atoms with Crippen molar-refractivity contribution in [3.8, 4) is 0 Å². The normalized spacial score (nSPS) is 13.8. The Kier molecular flexibility index (Phi) is 4.60. The fourth-order valence-electron chi connectivity index (χ4n) is 2.43. The number of imidazole rings is 1. The molecule has 2 aromatic rings. The van der Waals surface area contributed by atoms with Crippen molar-refractivity contribution < 1.29 is 31.8 Å². The maximum absolute atomic E-state index is 13.6. The molecule has 0 amide bonds. The van der Waals surface area contributed by atoms with Crippen molar-refractivity contribution >= 4 is 22.4 Å². The van der Waals surface area contributed by atoms with Gasteiger partial charge in [-0.05, 0) is 12.3 Å². The van der Waals surface area contributed by atoms with Gasteiger partial charge >= 0.3 is 17.8 Å². The average molecular weight is 382 g/mol. The zero-order valence-electron chi connectivity index (χ0n) is 13.2. The van der Waals surface area contributed by atoms with Gasteiger partial charge in [-0.1, -0.05) is 13.8 Å². The van der Waals surface area contributed by atoms with E-state index in [1.54, 1.807) is 11.9 Å². The molecule has 1 unspecified atom stereocenters. The lowest BCUT2D eigenvalue weighted by Crippen LogP contribution is -2.34. The van der Waals surface area contributed by atoms with E-state index >= 15 is 0 Å². The molecule has 26 heavy (non-hydrogen) atoms. The second kappa shape index (κ2) is 6.14. The lowest BCUT2D eigenvalue weighted by molar-refractivity contribution is -0.393. The number of benzene rings is 1. The summed E-state index contributed by atoms with van der Waals surface area (Å²) in [7, 11) is 0. The van der Waals surface area contributed by atoms with Crippen LogP contribution in [0.4, 0.5) is 33.3 Å². The molecule has 0 bridgehead atoms. The van der Waals surface area contributed by atoms with E-state index in [9.17, 15) is 42.2 Å². The van der Waals surface area contributed by atoms with Crippen LogP contribution in [-0.4, -0.2) is 26.0 Å². The molecule has 0 saturated carbocycles. The number of hydrogen-bond donors (Lipinski definition) is 1. The van der Waals surface area contributed by atoms with Crippen molar-refractivity contribution in [1.29, 1.82) is 0 Å². The van der Waals surface area contributed by atoms with E-state index in [0.29, 0.717) is 6.07 Å². The predicted molar refractivity (Wildman–Crippen MR) is 78.1 cm³/mol. The minimum atomic E-state index is -6.00. The molecule has 8 nitrogen and oxygen atoms in total. The van der Waals surface area contributed by atoms with Gasteiger partial charge in [0.1, 0.15) is 0 Å². The molecule has 1 aromatic heterocycles. The van der Waals surface area contributed by atoms with Crippen LogP contribution in [0.15, 0.2) is 6.07 Å². The Bertz CT molecular complexity index is 893. The topological polar surface area (TPSA) is 115 Å². The number of fused-ring (bicyclic) bond motifs is 1. The highest BCUT2D eigenvalue weighted by atomic mass is 19.4. The number of nitrogens with one attached hydrogen (secondary N) is 1. The highest BCUT2D eigenvalue weighted by molar-refractivity contribution is 5.91. The first-order valence-corrected chi connectivity index (χ1v) is 7.13. The number of H-pyrrole nitrogens is 1. The largest absolute Gasteiger partial charge is 0.461 e. The van der Waals surface area contributed by atoms with Gasteiger partial charge in [0.25, 0.3) is 5.69 Å². The number of aromatic nitrogens is 2. The summed E-state index contributed by atoms with van der Waals surface area (Å²) in [6, 6.07) is 0.514. The molecular formula is C13H11F5N4O4. The molecule has 1 N–H and O–H groups in total. The molecule has 1 atom stereocenters. The highest BCUT2D eigenvalue weighted by Crippen LogP contribution is 2.45. The van der Waals surface area contributed by atoms with Crippen molar-refractivity contribution in [2.75, 3.05) is 0 Å². The molecule has 1 heterocycles. The van der Waals surface area contributed by atoms with E-state index in [1.807, 2.05) is 0 Å². The number of aromatic amines is 1. The average Bonchev–Trinajstić information content (AvgIpc) is 2.96. The molecule has 0 saturated heterocycles. The molecule has 142 valence electrons. The number of alkyl halides is 5. The van der Waals surface area contributed by atoms with E-state index in [-0.39, 0.29) is 12.0 Å². The fraction of sp³-hybridized carbons (Fsp3) is 0.462. The standard InChI is InChI=1S/C13H11F5N4O4/c1-3-5(2)8-6(21(23)24)4-7(22(25)26)9-10(8)20-11(19-9)12(14,15)13(16,17)18/h4-5H,3H2,1-2H3,(H,19,20). The molecule has 0 aliphatic carbocycles. The summed E-state index contributed by atoms with van der Waals surface area (Å²) in [6.07, 6.45) is -5.74. The van der Waals surface area contributed by atoms with Crippen LogP contribution in [0.3, 0.4) is 0 Å². The van der Waals surface area contributed by atoms with Crippen LogP contribution in [-0.2, 0) is 5.92 Å². The van der Waals surface area contributed by atoms with Gasteiger partial charge in [-0.2, -0.15) is 22.0 Å². The molecule has 1 aromatic carbocycles. The van der Waals surface area contributed by atoms with Gasteiger partial charge < -0.3 is 4.98 Å². The Hall–Kier alpha value is -2.86. The number of rotatable bonds is 5. The van der Waals surface area contributed by atoms with Gasteiger partial charge in [0.2, 0.25) is 0 Å². The molecule has 13 heteroatoms. The first kappa shape index (κ1) is 19.5. The Morgan fingerprint density at radius 1 is 1.15 bits per heavy atom. The van der Waals surface area contributed by atoms with Crippen LogP contribution in [0.25, 0.3) is 11.0 Å². The minimum absolute atomic E-state index is 0.227. The number of nitrogens with zero attached hydrogens (tertiary/aromatic N) is 3. The second-order valence-electron chi connectivity index (χ2n) is 5.53. The molecule has 0 radical (unpaired) electrons. The zero-order chi connectivity index (χ0) is 20.0. The third-order valence-electron chi connectivity index (χ3n) is 3.92. The number of nitro benzene ring substituents is 2. The quantitative estimate of drug-likeness (QED) is 0.463. The highest BCUT2D eigenvalue weighted by Gasteiger charge is 2.61. The first-order valence-electron chi connectivity index (χ1n) is 7.13. The number of hydrogen-bond acceptors (Lipinski definition) is 5. The van der Waals surface area contributed by atoms with Crippen molar-refractivity contribution in [2.24, 2.45) is 0 Å². The SMILES string of the molecule is CCC(C)c1c([N+](=O)[O-])cc([N+](=O)[O-])c2nc(C(F)(F)C(F)(F)F)[nH]c12. The maximum atomic E-state index is 13.6. The zero-order valence-corrected chi connectivity index (χ0v) is 13.2. The minimum Gasteiger partial charge on any atom is -0.336 e. The summed E-state index contributed by atoms with van der Waals surface area (Å²) in [5, 5.41) is 22.4. The van der Waals surface area contributed by atoms with E-state index in [0.717, 1.165) is 0 Å². The van der Waals surface area contributed by atoms with Crippen molar-refractivity contribution in [2.45, 2.75) is 38.3 Å². The summed E-state index contributed by atoms with van der Waals surface area (Å²) in [4.78, 5) is 25.1. The van der Waals surface area contributed by atoms with Crippen molar-refractivity contribution in [3.05, 3.63) is 37.7 Å². The van der Waals surface area contributed by atoms with Crippen LogP contribution in [0.2, 0.25) is 0 Å². The summed E-state index contributed by atoms with van der Waals surface area (Å²) in [5.74, 6) is -7.94. The third-order valence-corrected chi connectivity index (χ3v) is 3.92. The van der Waals surface area contributed by atoms with Crippen LogP contribution >= 0.6 is 0 Å². The Labute approximate surface area is 141 Å². The van der Waals surface area contributed by atoms with Crippen LogP contribution in [0.1, 0.15) is 37.6 Å². The maximum Gasteiger partial charge on any atom is 0.461 e. The smallest absolute Gasteiger partial charge is 0.336 e. The molecule has 0 fully saturated rings. The Morgan fingerprint density at radius 3 is 2.12 bits per heavy atom. The van der Waals surface area contributed by atoms with E-state index < -0.39 is 56.1 Å². The predicted octanol–water partition coefficient (Wildman–Crippen LogP) is 4.55.